The Morgan fingerprint density at radius 2 is 0.391 bits per heavy atom. The van der Waals surface area contributed by atoms with E-state index in [-0.39, 0.29) is 0 Å². The van der Waals surface area contributed by atoms with Gasteiger partial charge < -0.3 is 9.80 Å². The highest BCUT2D eigenvalue weighted by molar-refractivity contribution is 5.83. The van der Waals surface area contributed by atoms with Crippen molar-refractivity contribution in [3.05, 3.63) is 266 Å². The largest absolute Gasteiger partial charge is 0.311 e. The van der Waals surface area contributed by atoms with Gasteiger partial charge >= 0.3 is 0 Å². The van der Waals surface area contributed by atoms with Crippen LogP contribution >= 0.6 is 0 Å². The third-order valence-corrected chi connectivity index (χ3v) is 11.8. The van der Waals surface area contributed by atoms with E-state index in [4.69, 9.17) is 6.42 Å². The zero-order valence-electron chi connectivity index (χ0n) is 35.3. The van der Waals surface area contributed by atoms with E-state index in [0.717, 1.165) is 67.5 Å². The predicted molar refractivity (Wildman–Crippen MR) is 271 cm³/mol. The highest BCUT2D eigenvalue weighted by Crippen LogP contribution is 2.40. The normalized spacial score (nSPS) is 10.8. The maximum atomic E-state index is 5.56. The Balaban J connectivity index is 0.912. The second-order valence-corrected chi connectivity index (χ2v) is 15.8. The maximum Gasteiger partial charge on any atom is 0.0462 e. The van der Waals surface area contributed by atoms with Gasteiger partial charge in [-0.15, -0.1) is 6.42 Å². The lowest BCUT2D eigenvalue weighted by molar-refractivity contribution is 1.28. The predicted octanol–water partition coefficient (Wildman–Crippen LogP) is 16.9. The van der Waals surface area contributed by atoms with E-state index in [0.29, 0.717) is 0 Å². The van der Waals surface area contributed by atoms with Crippen molar-refractivity contribution in [1.29, 1.82) is 0 Å². The van der Waals surface area contributed by atoms with E-state index in [2.05, 4.69) is 264 Å². The maximum absolute atomic E-state index is 5.56. The summed E-state index contributed by atoms with van der Waals surface area (Å²) < 4.78 is 0. The molecule has 0 amide bonds. The monoisotopic (exact) mass is 816 g/mol. The molecule has 0 aliphatic carbocycles. The number of hydrogen-bond donors (Lipinski definition) is 0. The fourth-order valence-electron chi connectivity index (χ4n) is 8.36. The van der Waals surface area contributed by atoms with Gasteiger partial charge in [-0.25, -0.2) is 0 Å². The Kier molecular flexibility index (Phi) is 11.2. The first kappa shape index (κ1) is 39.5. The van der Waals surface area contributed by atoms with E-state index in [9.17, 15) is 0 Å². The molecule has 2 heteroatoms. The van der Waals surface area contributed by atoms with Crippen LogP contribution in [-0.2, 0) is 0 Å². The standard InChI is InChI=1S/C62H44N2/c1-2-46-18-20-49(21-19-46)50-22-24-51(25-23-50)54-30-40-58(41-31-54)63(57-16-10-5-11-17-57)59-42-32-55(33-43-59)56-34-44-62(45-35-56)64(60-36-26-52(27-37-60)47-12-6-3-7-13-47)61-38-28-53(29-39-61)48-14-8-4-9-15-48/h1,3-45H. The van der Waals surface area contributed by atoms with Crippen molar-refractivity contribution in [2.45, 2.75) is 0 Å². The molecular formula is C62H44N2. The molecule has 302 valence electrons. The summed E-state index contributed by atoms with van der Waals surface area (Å²) >= 11 is 0. The van der Waals surface area contributed by atoms with Gasteiger partial charge in [0.1, 0.15) is 0 Å². The number of terminal acetylenes is 1. The van der Waals surface area contributed by atoms with Crippen LogP contribution in [0, 0.1) is 12.3 Å². The summed E-state index contributed by atoms with van der Waals surface area (Å²) in [5.74, 6) is 2.70. The van der Waals surface area contributed by atoms with Gasteiger partial charge in [-0.2, -0.15) is 0 Å². The molecule has 0 unspecified atom stereocenters. The first-order chi connectivity index (χ1) is 31.7. The molecular weight excluding hydrogens is 773 g/mol. The summed E-state index contributed by atoms with van der Waals surface area (Å²) in [4.78, 5) is 4.64. The SMILES string of the molecule is C#Cc1ccc(-c2ccc(-c3ccc(N(c4ccccc4)c4ccc(-c5ccc(N(c6ccc(-c7ccccc7)cc6)c6ccc(-c7ccccc7)cc6)cc5)cc4)cc3)cc2)cc1. The Morgan fingerprint density at radius 3 is 0.641 bits per heavy atom. The van der Waals surface area contributed by atoms with Crippen LogP contribution < -0.4 is 9.80 Å². The molecule has 0 spiro atoms. The molecule has 10 aromatic rings. The lowest BCUT2D eigenvalue weighted by atomic mass is 9.99. The van der Waals surface area contributed by atoms with Crippen molar-refractivity contribution in [3.63, 3.8) is 0 Å². The van der Waals surface area contributed by atoms with Crippen molar-refractivity contribution in [2.24, 2.45) is 0 Å². The Bertz CT molecular complexity index is 3030. The van der Waals surface area contributed by atoms with Gasteiger partial charge in [0.05, 0.1) is 0 Å². The van der Waals surface area contributed by atoms with Gasteiger partial charge in [-0.05, 0) is 141 Å². The third-order valence-electron chi connectivity index (χ3n) is 11.8. The van der Waals surface area contributed by atoms with Crippen molar-refractivity contribution < 1.29 is 0 Å². The third kappa shape index (κ3) is 8.48. The quantitative estimate of drug-likeness (QED) is 0.120. The van der Waals surface area contributed by atoms with Crippen LogP contribution in [-0.4, -0.2) is 0 Å². The van der Waals surface area contributed by atoms with E-state index in [1.807, 2.05) is 12.1 Å². The van der Waals surface area contributed by atoms with Crippen molar-refractivity contribution in [1.82, 2.24) is 0 Å². The second-order valence-electron chi connectivity index (χ2n) is 15.8. The number of anilines is 6. The first-order valence-corrected chi connectivity index (χ1v) is 21.6. The minimum atomic E-state index is 0.887. The molecule has 0 radical (unpaired) electrons. The number of nitrogens with zero attached hydrogens (tertiary/aromatic N) is 2. The zero-order valence-corrected chi connectivity index (χ0v) is 35.3. The Labute approximate surface area is 376 Å². The summed E-state index contributed by atoms with van der Waals surface area (Å²) in [7, 11) is 0. The summed E-state index contributed by atoms with van der Waals surface area (Å²) in [5.41, 5.74) is 19.2. The fraction of sp³-hybridized carbons (Fsp3) is 0. The van der Waals surface area contributed by atoms with Gasteiger partial charge in [-0.1, -0.05) is 182 Å². The van der Waals surface area contributed by atoms with E-state index >= 15 is 0 Å². The van der Waals surface area contributed by atoms with Crippen LogP contribution in [0.3, 0.4) is 0 Å². The molecule has 0 bridgehead atoms. The molecule has 0 aromatic heterocycles. The molecule has 0 saturated carbocycles. The molecule has 0 heterocycles. The first-order valence-electron chi connectivity index (χ1n) is 21.6. The summed E-state index contributed by atoms with van der Waals surface area (Å²) in [6, 6.07) is 92.8. The zero-order chi connectivity index (χ0) is 43.1. The van der Waals surface area contributed by atoms with E-state index in [1.165, 1.54) is 27.8 Å². The molecule has 0 N–H and O–H groups in total. The molecule has 0 aliphatic heterocycles. The summed E-state index contributed by atoms with van der Waals surface area (Å²) in [6.07, 6.45) is 5.56. The molecule has 0 saturated heterocycles. The Hall–Kier alpha value is -8.64. The van der Waals surface area contributed by atoms with Gasteiger partial charge in [0, 0.05) is 39.7 Å². The number of hydrogen-bond acceptors (Lipinski definition) is 2. The lowest BCUT2D eigenvalue weighted by Crippen LogP contribution is -2.10. The van der Waals surface area contributed by atoms with Gasteiger partial charge in [0.2, 0.25) is 0 Å². The van der Waals surface area contributed by atoms with Crippen molar-refractivity contribution in [2.75, 3.05) is 9.80 Å². The van der Waals surface area contributed by atoms with E-state index in [1.54, 1.807) is 0 Å². The van der Waals surface area contributed by atoms with Gasteiger partial charge in [0.25, 0.3) is 0 Å². The molecule has 0 atom stereocenters. The topological polar surface area (TPSA) is 6.48 Å². The van der Waals surface area contributed by atoms with Gasteiger partial charge in [0.15, 0.2) is 0 Å². The average Bonchev–Trinajstić information content (AvgIpc) is 3.38. The smallest absolute Gasteiger partial charge is 0.0462 e. The minimum Gasteiger partial charge on any atom is -0.311 e. The highest BCUT2D eigenvalue weighted by atomic mass is 15.1. The van der Waals surface area contributed by atoms with Gasteiger partial charge in [-0.3, -0.25) is 0 Å². The van der Waals surface area contributed by atoms with Crippen LogP contribution in [0.15, 0.2) is 261 Å². The number of para-hydroxylation sites is 1. The second kappa shape index (κ2) is 18.1. The highest BCUT2D eigenvalue weighted by Gasteiger charge is 2.16. The number of benzene rings is 10. The minimum absolute atomic E-state index is 0.887. The van der Waals surface area contributed by atoms with Crippen molar-refractivity contribution >= 4 is 34.1 Å². The van der Waals surface area contributed by atoms with Crippen LogP contribution in [0.2, 0.25) is 0 Å². The molecule has 2 nitrogen and oxygen atoms in total. The summed E-state index contributed by atoms with van der Waals surface area (Å²) in [5, 5.41) is 0. The molecule has 64 heavy (non-hydrogen) atoms. The molecule has 0 fully saturated rings. The molecule has 0 aliphatic rings. The van der Waals surface area contributed by atoms with Crippen LogP contribution in [0.5, 0.6) is 0 Å². The number of rotatable bonds is 11. The Morgan fingerprint density at radius 1 is 0.203 bits per heavy atom. The molecule has 10 aromatic carbocycles. The van der Waals surface area contributed by atoms with Crippen LogP contribution in [0.1, 0.15) is 5.56 Å². The van der Waals surface area contributed by atoms with Crippen LogP contribution in [0.25, 0.3) is 55.6 Å². The average molecular weight is 817 g/mol. The van der Waals surface area contributed by atoms with E-state index < -0.39 is 0 Å². The fourth-order valence-corrected chi connectivity index (χ4v) is 8.36. The van der Waals surface area contributed by atoms with Crippen LogP contribution in [0.4, 0.5) is 34.1 Å². The lowest BCUT2D eigenvalue weighted by Gasteiger charge is -2.26. The molecule has 10 rings (SSSR count). The van der Waals surface area contributed by atoms with Crippen molar-refractivity contribution in [3.8, 4) is 68.0 Å². The summed E-state index contributed by atoms with van der Waals surface area (Å²) in [6.45, 7) is 0.